The lowest BCUT2D eigenvalue weighted by Crippen LogP contribution is -2.20. The van der Waals surface area contributed by atoms with Gasteiger partial charge >= 0.3 is 0 Å². The van der Waals surface area contributed by atoms with Crippen LogP contribution in [0.1, 0.15) is 47.9 Å². The van der Waals surface area contributed by atoms with Gasteiger partial charge in [0.05, 0.1) is 0 Å². The molecule has 0 aliphatic carbocycles. The fourth-order valence-corrected chi connectivity index (χ4v) is 4.36. The maximum absolute atomic E-state index is 10.4. The molecule has 204 valence electrons. The van der Waals surface area contributed by atoms with Crippen LogP contribution < -0.4 is 10.6 Å². The van der Waals surface area contributed by atoms with E-state index < -0.39 is 0 Å². The maximum Gasteiger partial charge on any atom is 0.160 e. The zero-order chi connectivity index (χ0) is 24.7. The summed E-state index contributed by atoms with van der Waals surface area (Å²) in [6, 6.07) is 21.2. The average molecular weight is 550 g/mol. The van der Waals surface area contributed by atoms with Crippen LogP contribution in [-0.4, -0.2) is 41.5 Å². The summed E-state index contributed by atoms with van der Waals surface area (Å²) in [5.41, 5.74) is 4.23. The van der Waals surface area contributed by atoms with Gasteiger partial charge < -0.3 is 26.0 Å². The molecule has 0 atom stereocenters. The van der Waals surface area contributed by atoms with E-state index in [1.807, 2.05) is 18.2 Å². The number of nitrogens with one attached hydrogen (secondary N) is 2. The molecule has 0 fully saturated rings. The minimum Gasteiger partial charge on any atom is -0.508 e. The second-order valence-electron chi connectivity index (χ2n) is 9.14. The van der Waals surface area contributed by atoms with E-state index in [4.69, 9.17) is 0 Å². The van der Waals surface area contributed by atoms with Gasteiger partial charge in [0.1, 0.15) is 5.75 Å². The fourth-order valence-electron chi connectivity index (χ4n) is 4.36. The SMILES string of the molecule is Cl.Cl.Oc1cccc(CCc2c(CCNCCCCCCNCCc3ccccc3)ccc(O)c2O)c1. The van der Waals surface area contributed by atoms with E-state index >= 15 is 0 Å². The third-order valence-corrected chi connectivity index (χ3v) is 6.39. The first kappa shape index (κ1) is 32.6. The molecule has 0 aliphatic rings. The molecule has 5 nitrogen and oxygen atoms in total. The highest BCUT2D eigenvalue weighted by molar-refractivity contribution is 5.85. The molecular weight excluding hydrogens is 507 g/mol. The molecule has 0 heterocycles. The van der Waals surface area contributed by atoms with Crippen LogP contribution in [0.25, 0.3) is 0 Å². The molecule has 0 amide bonds. The number of phenolic OH excluding ortho intramolecular Hbond substituents is 3. The lowest BCUT2D eigenvalue weighted by atomic mass is 9.96. The van der Waals surface area contributed by atoms with Crippen LogP contribution in [-0.2, 0) is 25.7 Å². The van der Waals surface area contributed by atoms with E-state index in [1.165, 1.54) is 24.8 Å². The molecule has 0 spiro atoms. The molecule has 3 aromatic carbocycles. The highest BCUT2D eigenvalue weighted by Crippen LogP contribution is 2.32. The average Bonchev–Trinajstić information content (AvgIpc) is 2.87. The molecule has 0 bridgehead atoms. The number of unbranched alkanes of at least 4 members (excludes halogenated alkanes) is 3. The lowest BCUT2D eigenvalue weighted by molar-refractivity contribution is 0.398. The van der Waals surface area contributed by atoms with Crippen molar-refractivity contribution in [2.24, 2.45) is 0 Å². The summed E-state index contributed by atoms with van der Waals surface area (Å²) in [7, 11) is 0. The van der Waals surface area contributed by atoms with Gasteiger partial charge in [-0.15, -0.1) is 24.8 Å². The van der Waals surface area contributed by atoms with E-state index in [-0.39, 0.29) is 42.1 Å². The van der Waals surface area contributed by atoms with Crippen LogP contribution in [0.15, 0.2) is 66.7 Å². The summed E-state index contributed by atoms with van der Waals surface area (Å²) in [5, 5.41) is 37.1. The smallest absolute Gasteiger partial charge is 0.160 e. The largest absolute Gasteiger partial charge is 0.508 e. The quantitative estimate of drug-likeness (QED) is 0.113. The molecule has 0 unspecified atom stereocenters. The Morgan fingerprint density at radius 3 is 1.86 bits per heavy atom. The Labute approximate surface area is 234 Å². The van der Waals surface area contributed by atoms with Crippen LogP contribution in [0.4, 0.5) is 0 Å². The molecule has 5 N–H and O–H groups in total. The molecule has 37 heavy (non-hydrogen) atoms. The molecule has 0 aliphatic heterocycles. The standard InChI is InChI=1S/C30H40N2O3.2ClH/c33-27-12-8-11-25(23-27)13-15-28-26(14-16-29(34)30(28)35)18-22-32-20-7-2-1-6-19-31-21-17-24-9-4-3-5-10-24;;/h3-5,8-12,14,16,23,31-35H,1-2,6-7,13,15,17-22H2;2*1H. The summed E-state index contributed by atoms with van der Waals surface area (Å²) in [6.45, 7) is 3.94. The second kappa shape index (κ2) is 18.8. The molecule has 0 saturated carbocycles. The summed E-state index contributed by atoms with van der Waals surface area (Å²) in [4.78, 5) is 0. The minimum absolute atomic E-state index is 0. The van der Waals surface area contributed by atoms with Crippen molar-refractivity contribution in [1.82, 2.24) is 10.6 Å². The van der Waals surface area contributed by atoms with E-state index in [9.17, 15) is 15.3 Å². The van der Waals surface area contributed by atoms with Crippen molar-refractivity contribution in [2.45, 2.75) is 51.4 Å². The summed E-state index contributed by atoms with van der Waals surface area (Å²) in [5.74, 6) is 0.133. The first-order chi connectivity index (χ1) is 17.1. The Bertz CT molecular complexity index is 1020. The number of benzene rings is 3. The van der Waals surface area contributed by atoms with E-state index in [0.717, 1.165) is 62.1 Å². The minimum atomic E-state index is -0.0813. The number of hydrogen-bond acceptors (Lipinski definition) is 5. The van der Waals surface area contributed by atoms with Crippen LogP contribution in [0.2, 0.25) is 0 Å². The van der Waals surface area contributed by atoms with E-state index in [2.05, 4.69) is 41.0 Å². The predicted molar refractivity (Wildman–Crippen MR) is 158 cm³/mol. The monoisotopic (exact) mass is 548 g/mol. The van der Waals surface area contributed by atoms with Gasteiger partial charge in [0.25, 0.3) is 0 Å². The van der Waals surface area contributed by atoms with Gasteiger partial charge in [-0.25, -0.2) is 0 Å². The highest BCUT2D eigenvalue weighted by atomic mass is 35.5. The Balaban J connectivity index is 0.00000342. The predicted octanol–water partition coefficient (Wildman–Crippen LogP) is 5.96. The van der Waals surface area contributed by atoms with Gasteiger partial charge in [-0.2, -0.15) is 0 Å². The van der Waals surface area contributed by atoms with Crippen molar-refractivity contribution in [2.75, 3.05) is 26.2 Å². The zero-order valence-electron chi connectivity index (χ0n) is 21.5. The van der Waals surface area contributed by atoms with E-state index in [1.54, 1.807) is 18.2 Å². The molecule has 7 heteroatoms. The molecule has 3 aromatic rings. The summed E-state index contributed by atoms with van der Waals surface area (Å²) in [6.07, 6.45) is 8.02. The number of hydrogen-bond donors (Lipinski definition) is 5. The normalized spacial score (nSPS) is 10.5. The number of aromatic hydroxyl groups is 3. The number of rotatable bonds is 16. The maximum atomic E-state index is 10.4. The van der Waals surface area contributed by atoms with Crippen molar-refractivity contribution < 1.29 is 15.3 Å². The Kier molecular flexibility index (Phi) is 16.5. The Morgan fingerprint density at radius 2 is 1.19 bits per heavy atom. The number of halogens is 2. The molecule has 0 aromatic heterocycles. The number of aryl methyl sites for hydroxylation is 1. The first-order valence-electron chi connectivity index (χ1n) is 12.9. The van der Waals surface area contributed by atoms with Gasteiger partial charge in [0.2, 0.25) is 0 Å². The first-order valence-corrected chi connectivity index (χ1v) is 12.9. The van der Waals surface area contributed by atoms with Crippen LogP contribution in [0, 0.1) is 0 Å². The Morgan fingerprint density at radius 1 is 0.541 bits per heavy atom. The van der Waals surface area contributed by atoms with Crippen molar-refractivity contribution in [1.29, 1.82) is 0 Å². The van der Waals surface area contributed by atoms with Gasteiger partial charge in [-0.3, -0.25) is 0 Å². The summed E-state index contributed by atoms with van der Waals surface area (Å²) >= 11 is 0. The van der Waals surface area contributed by atoms with Crippen molar-refractivity contribution in [3.05, 3.63) is 89.0 Å². The molecule has 0 saturated heterocycles. The number of phenols is 3. The second-order valence-corrected chi connectivity index (χ2v) is 9.14. The molecule has 3 rings (SSSR count). The van der Waals surface area contributed by atoms with Crippen molar-refractivity contribution >= 4 is 24.8 Å². The fraction of sp³-hybridized carbons (Fsp3) is 0.400. The third-order valence-electron chi connectivity index (χ3n) is 6.39. The van der Waals surface area contributed by atoms with Gasteiger partial charge in [-0.05, 0) is 99.6 Å². The zero-order valence-corrected chi connectivity index (χ0v) is 23.1. The van der Waals surface area contributed by atoms with Crippen LogP contribution >= 0.6 is 24.8 Å². The van der Waals surface area contributed by atoms with Crippen LogP contribution in [0.3, 0.4) is 0 Å². The topological polar surface area (TPSA) is 84.8 Å². The highest BCUT2D eigenvalue weighted by Gasteiger charge is 2.12. The molecule has 0 radical (unpaired) electrons. The Hall–Kier alpha value is -2.44. The van der Waals surface area contributed by atoms with Crippen molar-refractivity contribution in [3.63, 3.8) is 0 Å². The lowest BCUT2D eigenvalue weighted by Gasteiger charge is -2.14. The van der Waals surface area contributed by atoms with Crippen molar-refractivity contribution in [3.8, 4) is 17.2 Å². The van der Waals surface area contributed by atoms with E-state index in [0.29, 0.717) is 12.8 Å². The van der Waals surface area contributed by atoms with Gasteiger partial charge in [0, 0.05) is 5.56 Å². The summed E-state index contributed by atoms with van der Waals surface area (Å²) < 4.78 is 0. The van der Waals surface area contributed by atoms with Gasteiger partial charge in [-0.1, -0.05) is 61.4 Å². The molecular formula is C30H42Cl2N2O3. The third kappa shape index (κ3) is 12.1. The van der Waals surface area contributed by atoms with Crippen LogP contribution in [0.5, 0.6) is 17.2 Å². The van der Waals surface area contributed by atoms with Gasteiger partial charge in [0.15, 0.2) is 11.5 Å².